The number of imidazole rings is 1. The molecule has 1 aromatic heterocycles. The number of aromatic nitrogens is 2. The summed E-state index contributed by atoms with van der Waals surface area (Å²) in [7, 11) is 2.04. The standard InChI is InChI=1S/C18H22N4O/c1-13-9-14-5-3-4-6-16(14)22(13)18(23)11-21-8-7-17-15(10-21)19-12-20(17)2/h3-6,12-13H,7-11H2,1-2H3/t13-/m0/s1. The number of nitrogens with zero attached hydrogens (tertiary/aromatic N) is 4. The van der Waals surface area contributed by atoms with Crippen LogP contribution in [0.2, 0.25) is 0 Å². The van der Waals surface area contributed by atoms with E-state index in [1.165, 1.54) is 11.3 Å². The molecule has 0 saturated heterocycles. The number of hydrogen-bond acceptors (Lipinski definition) is 3. The normalized spacial score (nSPS) is 20.4. The second kappa shape index (κ2) is 5.49. The van der Waals surface area contributed by atoms with Crippen molar-refractivity contribution in [3.63, 3.8) is 0 Å². The van der Waals surface area contributed by atoms with Crippen LogP contribution in [0.15, 0.2) is 30.6 Å². The van der Waals surface area contributed by atoms with E-state index in [1.807, 2.05) is 30.4 Å². The maximum absolute atomic E-state index is 12.9. The quantitative estimate of drug-likeness (QED) is 0.849. The highest BCUT2D eigenvalue weighted by molar-refractivity contribution is 5.97. The van der Waals surface area contributed by atoms with Crippen molar-refractivity contribution in [2.45, 2.75) is 32.4 Å². The summed E-state index contributed by atoms with van der Waals surface area (Å²) in [5, 5.41) is 0. The number of fused-ring (bicyclic) bond motifs is 2. The van der Waals surface area contributed by atoms with E-state index in [0.717, 1.165) is 37.3 Å². The van der Waals surface area contributed by atoms with Crippen molar-refractivity contribution >= 4 is 11.6 Å². The highest BCUT2D eigenvalue weighted by Crippen LogP contribution is 2.32. The van der Waals surface area contributed by atoms with Crippen molar-refractivity contribution in [1.82, 2.24) is 14.5 Å². The number of aryl methyl sites for hydroxylation is 1. The molecule has 1 amide bonds. The predicted octanol–water partition coefficient (Wildman–Crippen LogP) is 1.76. The van der Waals surface area contributed by atoms with Crippen molar-refractivity contribution < 1.29 is 4.79 Å². The third-order valence-corrected chi connectivity index (χ3v) is 5.02. The van der Waals surface area contributed by atoms with Gasteiger partial charge in [0.25, 0.3) is 0 Å². The minimum absolute atomic E-state index is 0.196. The molecule has 0 radical (unpaired) electrons. The molecule has 5 nitrogen and oxygen atoms in total. The fourth-order valence-corrected chi connectivity index (χ4v) is 3.86. The molecule has 0 aliphatic carbocycles. The molecule has 0 saturated carbocycles. The maximum Gasteiger partial charge on any atom is 0.241 e. The van der Waals surface area contributed by atoms with Gasteiger partial charge in [0.05, 0.1) is 18.6 Å². The molecule has 0 unspecified atom stereocenters. The van der Waals surface area contributed by atoms with Crippen LogP contribution in [0, 0.1) is 0 Å². The van der Waals surface area contributed by atoms with Crippen LogP contribution in [0.25, 0.3) is 0 Å². The SMILES string of the molecule is C[C@H]1Cc2ccccc2N1C(=O)CN1CCc2c(ncn2C)C1. The second-order valence-corrected chi connectivity index (χ2v) is 6.66. The van der Waals surface area contributed by atoms with Crippen LogP contribution < -0.4 is 4.90 Å². The molecule has 120 valence electrons. The lowest BCUT2D eigenvalue weighted by Gasteiger charge is -2.29. The van der Waals surface area contributed by atoms with Crippen molar-refractivity contribution in [1.29, 1.82) is 0 Å². The number of benzene rings is 1. The van der Waals surface area contributed by atoms with Crippen LogP contribution >= 0.6 is 0 Å². The molecule has 2 aliphatic rings. The van der Waals surface area contributed by atoms with Gasteiger partial charge in [0.15, 0.2) is 0 Å². The molecule has 0 spiro atoms. The molecule has 4 rings (SSSR count). The zero-order valence-electron chi connectivity index (χ0n) is 13.7. The molecule has 1 aromatic carbocycles. The zero-order chi connectivity index (χ0) is 16.0. The number of carbonyl (C=O) groups excluding carboxylic acids is 1. The fraction of sp³-hybridized carbons (Fsp3) is 0.444. The summed E-state index contributed by atoms with van der Waals surface area (Å²) < 4.78 is 2.09. The summed E-state index contributed by atoms with van der Waals surface area (Å²) in [4.78, 5) is 21.5. The number of rotatable bonds is 2. The Morgan fingerprint density at radius 1 is 1.35 bits per heavy atom. The van der Waals surface area contributed by atoms with Gasteiger partial charge in [-0.2, -0.15) is 0 Å². The molecular weight excluding hydrogens is 288 g/mol. The first kappa shape index (κ1) is 14.5. The minimum Gasteiger partial charge on any atom is -0.337 e. The average Bonchev–Trinajstić information content (AvgIpc) is 3.06. The summed E-state index contributed by atoms with van der Waals surface area (Å²) >= 11 is 0. The Hall–Kier alpha value is -2.14. The lowest BCUT2D eigenvalue weighted by molar-refractivity contribution is -0.120. The molecule has 0 bridgehead atoms. The van der Waals surface area contributed by atoms with E-state index in [0.29, 0.717) is 6.54 Å². The first-order valence-electron chi connectivity index (χ1n) is 8.25. The summed E-state index contributed by atoms with van der Waals surface area (Å²) in [6.45, 7) is 4.29. The van der Waals surface area contributed by atoms with Crippen LogP contribution in [-0.4, -0.2) is 39.5 Å². The monoisotopic (exact) mass is 310 g/mol. The third-order valence-electron chi connectivity index (χ3n) is 5.02. The highest BCUT2D eigenvalue weighted by Gasteiger charge is 2.32. The van der Waals surface area contributed by atoms with Crippen molar-refractivity contribution in [2.24, 2.45) is 7.05 Å². The van der Waals surface area contributed by atoms with E-state index in [-0.39, 0.29) is 11.9 Å². The fourth-order valence-electron chi connectivity index (χ4n) is 3.86. The Morgan fingerprint density at radius 2 is 2.17 bits per heavy atom. The van der Waals surface area contributed by atoms with Gasteiger partial charge < -0.3 is 9.47 Å². The Labute approximate surface area is 136 Å². The second-order valence-electron chi connectivity index (χ2n) is 6.66. The number of hydrogen-bond donors (Lipinski definition) is 0. The summed E-state index contributed by atoms with van der Waals surface area (Å²) in [5.74, 6) is 0.196. The van der Waals surface area contributed by atoms with Gasteiger partial charge in [-0.15, -0.1) is 0 Å². The summed E-state index contributed by atoms with van der Waals surface area (Å²) in [5.41, 5.74) is 4.77. The number of anilines is 1. The molecule has 23 heavy (non-hydrogen) atoms. The van der Waals surface area contributed by atoms with Gasteiger partial charge in [-0.3, -0.25) is 9.69 Å². The van der Waals surface area contributed by atoms with E-state index in [1.54, 1.807) is 0 Å². The molecule has 0 N–H and O–H groups in total. The van der Waals surface area contributed by atoms with Gasteiger partial charge in [-0.25, -0.2) is 4.98 Å². The van der Waals surface area contributed by atoms with Crippen LogP contribution in [0.5, 0.6) is 0 Å². The van der Waals surface area contributed by atoms with Gasteiger partial charge in [-0.1, -0.05) is 18.2 Å². The van der Waals surface area contributed by atoms with Crippen LogP contribution in [0.4, 0.5) is 5.69 Å². The molecule has 0 fully saturated rings. The Kier molecular flexibility index (Phi) is 3.45. The van der Waals surface area contributed by atoms with E-state index in [4.69, 9.17) is 0 Å². The minimum atomic E-state index is 0.196. The Bertz CT molecular complexity index is 751. The molecular formula is C18H22N4O. The Morgan fingerprint density at radius 3 is 3.04 bits per heavy atom. The Balaban J connectivity index is 1.49. The summed E-state index contributed by atoms with van der Waals surface area (Å²) in [6.07, 6.45) is 3.78. The zero-order valence-corrected chi connectivity index (χ0v) is 13.7. The van der Waals surface area contributed by atoms with E-state index >= 15 is 0 Å². The van der Waals surface area contributed by atoms with Crippen molar-refractivity contribution in [3.8, 4) is 0 Å². The van der Waals surface area contributed by atoms with Gasteiger partial charge in [0.1, 0.15) is 0 Å². The molecule has 2 aliphatic heterocycles. The number of amides is 1. The highest BCUT2D eigenvalue weighted by atomic mass is 16.2. The lowest BCUT2D eigenvalue weighted by atomic mass is 10.1. The lowest BCUT2D eigenvalue weighted by Crippen LogP contribution is -2.44. The van der Waals surface area contributed by atoms with Crippen molar-refractivity contribution in [3.05, 3.63) is 47.5 Å². The van der Waals surface area contributed by atoms with Gasteiger partial charge in [0, 0.05) is 44.0 Å². The van der Waals surface area contributed by atoms with Crippen LogP contribution in [-0.2, 0) is 31.2 Å². The molecule has 1 atom stereocenters. The predicted molar refractivity (Wildman–Crippen MR) is 89.3 cm³/mol. The van der Waals surface area contributed by atoms with E-state index < -0.39 is 0 Å². The smallest absolute Gasteiger partial charge is 0.241 e. The van der Waals surface area contributed by atoms with E-state index in [2.05, 4.69) is 33.5 Å². The number of carbonyl (C=O) groups is 1. The number of para-hydroxylation sites is 1. The average molecular weight is 310 g/mol. The van der Waals surface area contributed by atoms with Crippen LogP contribution in [0.1, 0.15) is 23.9 Å². The third kappa shape index (κ3) is 2.45. The van der Waals surface area contributed by atoms with E-state index in [9.17, 15) is 4.79 Å². The van der Waals surface area contributed by atoms with Gasteiger partial charge in [0.2, 0.25) is 5.91 Å². The maximum atomic E-state index is 12.9. The molecule has 5 heteroatoms. The van der Waals surface area contributed by atoms with Crippen LogP contribution in [0.3, 0.4) is 0 Å². The van der Waals surface area contributed by atoms with Crippen molar-refractivity contribution in [2.75, 3.05) is 18.0 Å². The first-order chi connectivity index (χ1) is 11.1. The van der Waals surface area contributed by atoms with Gasteiger partial charge in [-0.05, 0) is 25.0 Å². The van der Waals surface area contributed by atoms with Gasteiger partial charge >= 0.3 is 0 Å². The largest absolute Gasteiger partial charge is 0.337 e. The molecule has 2 aromatic rings. The topological polar surface area (TPSA) is 41.4 Å². The first-order valence-corrected chi connectivity index (χ1v) is 8.25. The summed E-state index contributed by atoms with van der Waals surface area (Å²) in [6, 6.07) is 8.49. The molecule has 3 heterocycles.